The van der Waals surface area contributed by atoms with Crippen LogP contribution in [0.25, 0.3) is 0 Å². The first-order chi connectivity index (χ1) is 16.2. The number of hydrogen-bond donors (Lipinski definition) is 3. The Kier molecular flexibility index (Phi) is 11.0. The van der Waals surface area contributed by atoms with Crippen LogP contribution in [0.15, 0.2) is 18.2 Å². The predicted molar refractivity (Wildman–Crippen MR) is 131 cm³/mol. The van der Waals surface area contributed by atoms with Crippen molar-refractivity contribution in [1.29, 1.82) is 0 Å². The largest absolute Gasteiger partial charge is 0.508 e. The molecule has 0 saturated heterocycles. The minimum absolute atomic E-state index is 0.0205. The van der Waals surface area contributed by atoms with Gasteiger partial charge in [0.2, 0.25) is 11.8 Å². The summed E-state index contributed by atoms with van der Waals surface area (Å²) in [6.45, 7) is 12.3. The Morgan fingerprint density at radius 2 is 1.77 bits per heavy atom. The van der Waals surface area contributed by atoms with E-state index in [1.54, 1.807) is 60.6 Å². The lowest BCUT2D eigenvalue weighted by molar-refractivity contribution is -0.144. The molecule has 0 heterocycles. The molecule has 1 aromatic carbocycles. The summed E-state index contributed by atoms with van der Waals surface area (Å²) < 4.78 is 10.2. The number of nitrogens with one attached hydrogen (secondary N) is 2. The Labute approximate surface area is 207 Å². The van der Waals surface area contributed by atoms with E-state index in [0.29, 0.717) is 11.1 Å². The molecule has 3 amide bonds. The average Bonchev–Trinajstić information content (AvgIpc) is 2.73. The molecule has 1 rings (SSSR count). The van der Waals surface area contributed by atoms with Crippen LogP contribution in [0.2, 0.25) is 0 Å². The van der Waals surface area contributed by atoms with Gasteiger partial charge in [0.15, 0.2) is 0 Å². The number of phenolic OH excluding ortho intramolecular Hbond substituents is 1. The zero-order valence-corrected chi connectivity index (χ0v) is 21.9. The van der Waals surface area contributed by atoms with Crippen molar-refractivity contribution in [3.8, 4) is 5.75 Å². The van der Waals surface area contributed by atoms with Crippen molar-refractivity contribution in [3.05, 3.63) is 29.3 Å². The monoisotopic (exact) mass is 493 g/mol. The number of carbonyl (C=O) groups excluding carboxylic acids is 4. The van der Waals surface area contributed by atoms with E-state index >= 15 is 0 Å². The number of rotatable bonds is 10. The number of likely N-dealkylation sites (N-methyl/N-ethyl adjacent to an activating group) is 1. The fraction of sp³-hybridized carbons (Fsp3) is 0.600. The van der Waals surface area contributed by atoms with Gasteiger partial charge >= 0.3 is 12.1 Å². The lowest BCUT2D eigenvalue weighted by atomic mass is 9.98. The second-order valence-corrected chi connectivity index (χ2v) is 9.61. The summed E-state index contributed by atoms with van der Waals surface area (Å²) in [6, 6.07) is 2.57. The maximum Gasteiger partial charge on any atom is 0.408 e. The molecule has 10 heteroatoms. The SMILES string of the molecule is CCOC(=O)CCNC(=O)C(c1ccc(O)c(C)c1)N(C)C(=O)C(NC(=O)OC(C)(C)C)C(C)C. The van der Waals surface area contributed by atoms with E-state index in [-0.39, 0.29) is 31.2 Å². The van der Waals surface area contributed by atoms with E-state index in [1.165, 1.54) is 18.0 Å². The lowest BCUT2D eigenvalue weighted by Crippen LogP contribution is -2.53. The molecule has 3 N–H and O–H groups in total. The van der Waals surface area contributed by atoms with Crippen molar-refractivity contribution < 1.29 is 33.8 Å². The summed E-state index contributed by atoms with van der Waals surface area (Å²) in [7, 11) is 1.46. The molecule has 1 aromatic rings. The van der Waals surface area contributed by atoms with Crippen LogP contribution in [0.1, 0.15) is 65.1 Å². The molecule has 2 atom stereocenters. The number of nitrogens with zero attached hydrogens (tertiary/aromatic N) is 1. The third kappa shape index (κ3) is 9.46. The first-order valence-corrected chi connectivity index (χ1v) is 11.7. The van der Waals surface area contributed by atoms with E-state index in [4.69, 9.17) is 9.47 Å². The molecule has 0 aromatic heterocycles. The van der Waals surface area contributed by atoms with E-state index < -0.39 is 41.6 Å². The van der Waals surface area contributed by atoms with Crippen LogP contribution in [0.4, 0.5) is 4.79 Å². The van der Waals surface area contributed by atoms with Gasteiger partial charge in [-0.25, -0.2) is 4.79 Å². The number of esters is 1. The van der Waals surface area contributed by atoms with Crippen molar-refractivity contribution >= 4 is 23.9 Å². The predicted octanol–water partition coefficient (Wildman–Crippen LogP) is 2.82. The van der Waals surface area contributed by atoms with Gasteiger partial charge in [-0.15, -0.1) is 0 Å². The van der Waals surface area contributed by atoms with Crippen molar-refractivity contribution in [1.82, 2.24) is 15.5 Å². The molecule has 0 aliphatic rings. The molecule has 0 aliphatic heterocycles. The minimum atomic E-state index is -1.08. The van der Waals surface area contributed by atoms with Crippen molar-refractivity contribution in [2.45, 2.75) is 72.6 Å². The van der Waals surface area contributed by atoms with Gasteiger partial charge in [-0.05, 0) is 63.8 Å². The highest BCUT2D eigenvalue weighted by molar-refractivity contribution is 5.92. The van der Waals surface area contributed by atoms with Gasteiger partial charge in [-0.1, -0.05) is 19.9 Å². The van der Waals surface area contributed by atoms with Crippen LogP contribution in [-0.2, 0) is 23.9 Å². The van der Waals surface area contributed by atoms with Gasteiger partial charge in [0.25, 0.3) is 0 Å². The third-order valence-electron chi connectivity index (χ3n) is 5.06. The molecular formula is C25H39N3O7. The second-order valence-electron chi connectivity index (χ2n) is 9.61. The van der Waals surface area contributed by atoms with Gasteiger partial charge in [0.1, 0.15) is 23.4 Å². The average molecular weight is 494 g/mol. The number of phenols is 1. The number of ether oxygens (including phenoxy) is 2. The second kappa shape index (κ2) is 13.0. The first-order valence-electron chi connectivity index (χ1n) is 11.7. The Morgan fingerprint density at radius 1 is 1.14 bits per heavy atom. The fourth-order valence-electron chi connectivity index (χ4n) is 3.31. The van der Waals surface area contributed by atoms with E-state index in [0.717, 1.165) is 0 Å². The third-order valence-corrected chi connectivity index (χ3v) is 5.06. The van der Waals surface area contributed by atoms with Crippen LogP contribution in [0.5, 0.6) is 5.75 Å². The quantitative estimate of drug-likeness (QED) is 0.427. The fourth-order valence-corrected chi connectivity index (χ4v) is 3.31. The van der Waals surface area contributed by atoms with Gasteiger partial charge < -0.3 is 30.1 Å². The van der Waals surface area contributed by atoms with Crippen LogP contribution < -0.4 is 10.6 Å². The summed E-state index contributed by atoms with van der Waals surface area (Å²) in [6.07, 6.45) is -0.762. The molecule has 0 bridgehead atoms. The highest BCUT2D eigenvalue weighted by atomic mass is 16.6. The molecule has 196 valence electrons. The first kappa shape index (κ1) is 29.7. The van der Waals surface area contributed by atoms with Gasteiger partial charge in [-0.2, -0.15) is 0 Å². The highest BCUT2D eigenvalue weighted by Crippen LogP contribution is 2.26. The molecule has 0 spiro atoms. The van der Waals surface area contributed by atoms with E-state index in [1.807, 2.05) is 0 Å². The molecule has 35 heavy (non-hydrogen) atoms. The standard InChI is InChI=1S/C25H39N3O7/c1-9-34-19(30)12-13-26-22(31)21(17-10-11-18(29)16(4)14-17)28(8)23(32)20(15(2)3)27-24(33)35-25(5,6)7/h10-11,14-15,20-21,29H,9,12-13H2,1-8H3,(H,26,31)(H,27,33). The number of aryl methyl sites for hydroxylation is 1. The Balaban J connectivity index is 3.20. The maximum absolute atomic E-state index is 13.5. The summed E-state index contributed by atoms with van der Waals surface area (Å²) in [5.74, 6) is -1.71. The molecule has 0 saturated carbocycles. The Morgan fingerprint density at radius 3 is 2.29 bits per heavy atom. The molecule has 0 radical (unpaired) electrons. The van der Waals surface area contributed by atoms with Gasteiger partial charge in [0, 0.05) is 13.6 Å². The summed E-state index contributed by atoms with van der Waals surface area (Å²) >= 11 is 0. The van der Waals surface area contributed by atoms with Crippen molar-refractivity contribution in [3.63, 3.8) is 0 Å². The zero-order valence-electron chi connectivity index (χ0n) is 21.9. The number of aromatic hydroxyl groups is 1. The Hall–Kier alpha value is -3.30. The zero-order chi connectivity index (χ0) is 26.9. The topological polar surface area (TPSA) is 134 Å². The molecule has 0 fully saturated rings. The lowest BCUT2D eigenvalue weighted by Gasteiger charge is -2.33. The molecular weight excluding hydrogens is 454 g/mol. The van der Waals surface area contributed by atoms with Crippen molar-refractivity contribution in [2.75, 3.05) is 20.2 Å². The smallest absolute Gasteiger partial charge is 0.408 e. The van der Waals surface area contributed by atoms with Crippen LogP contribution in [0.3, 0.4) is 0 Å². The number of carbonyl (C=O) groups is 4. The van der Waals surface area contributed by atoms with E-state index in [9.17, 15) is 24.3 Å². The van der Waals surface area contributed by atoms with Crippen molar-refractivity contribution in [2.24, 2.45) is 5.92 Å². The summed E-state index contributed by atoms with van der Waals surface area (Å²) in [4.78, 5) is 51.9. The van der Waals surface area contributed by atoms with E-state index in [2.05, 4.69) is 10.6 Å². The normalized spacial score (nSPS) is 12.9. The summed E-state index contributed by atoms with van der Waals surface area (Å²) in [5, 5.41) is 15.2. The summed E-state index contributed by atoms with van der Waals surface area (Å²) in [5.41, 5.74) is 0.246. The number of hydrogen-bond acceptors (Lipinski definition) is 7. The van der Waals surface area contributed by atoms with Gasteiger partial charge in [0.05, 0.1) is 13.0 Å². The van der Waals surface area contributed by atoms with Gasteiger partial charge in [-0.3, -0.25) is 14.4 Å². The Bertz CT molecular complexity index is 909. The molecule has 10 nitrogen and oxygen atoms in total. The van der Waals surface area contributed by atoms with Crippen LogP contribution in [-0.4, -0.2) is 65.7 Å². The van der Waals surface area contributed by atoms with Crippen LogP contribution >= 0.6 is 0 Å². The maximum atomic E-state index is 13.5. The molecule has 2 unspecified atom stereocenters. The number of alkyl carbamates (subject to hydrolysis) is 1. The minimum Gasteiger partial charge on any atom is -0.508 e. The highest BCUT2D eigenvalue weighted by Gasteiger charge is 2.35. The number of benzene rings is 1. The van der Waals surface area contributed by atoms with Crippen LogP contribution in [0, 0.1) is 12.8 Å². The number of amides is 3. The molecule has 0 aliphatic carbocycles.